The third-order valence-electron chi connectivity index (χ3n) is 7.55. The van der Waals surface area contributed by atoms with Gasteiger partial charge in [-0.1, -0.05) is 78.1 Å². The lowest BCUT2D eigenvalue weighted by Gasteiger charge is -2.26. The van der Waals surface area contributed by atoms with Crippen LogP contribution in [0.15, 0.2) is 77.0 Å². The Hall–Kier alpha value is -4.34. The number of nitrogens with zero attached hydrogens (tertiary/aromatic N) is 5. The molecule has 0 aromatic heterocycles. The Morgan fingerprint density at radius 2 is 1.11 bits per heavy atom. The van der Waals surface area contributed by atoms with Crippen LogP contribution < -0.4 is 10.6 Å². The van der Waals surface area contributed by atoms with Gasteiger partial charge in [-0.15, -0.1) is 0 Å². The second-order valence-electron chi connectivity index (χ2n) is 11.3. The number of azo groups is 1. The van der Waals surface area contributed by atoms with Gasteiger partial charge in [0.1, 0.15) is 0 Å². The summed E-state index contributed by atoms with van der Waals surface area (Å²) in [6, 6.07) is 18.3. The summed E-state index contributed by atoms with van der Waals surface area (Å²) in [7, 11) is 0. The standard InChI is InChI=1S/C29H44N4O2.C6H6N2O2/c1-4-6-8-10-12-14-22-32(23-15-13-11-9-7-5-2)28-20-21-29(25(3)24-28)31-30-26-16-18-27(19-17-26)33(34)35;7-5-1-3-6(4-2-5)8(9)10/h16-21,24H,4-15,22-23H2,1-3H3;1-4H,7H2. The van der Waals surface area contributed by atoms with Crippen LogP contribution in [0.1, 0.15) is 96.5 Å². The molecule has 2 N–H and O–H groups in total. The molecule has 0 radical (unpaired) electrons. The molecule has 0 atom stereocenters. The van der Waals surface area contributed by atoms with E-state index in [0.29, 0.717) is 11.4 Å². The predicted octanol–water partition coefficient (Wildman–Crippen LogP) is 11.0. The van der Waals surface area contributed by atoms with E-state index in [1.807, 2.05) is 6.07 Å². The molecule has 244 valence electrons. The van der Waals surface area contributed by atoms with E-state index in [-0.39, 0.29) is 11.4 Å². The van der Waals surface area contributed by atoms with Crippen LogP contribution in [0.3, 0.4) is 0 Å². The number of unbranched alkanes of at least 4 members (excludes halogenated alkanes) is 10. The van der Waals surface area contributed by atoms with E-state index in [4.69, 9.17) is 5.73 Å². The van der Waals surface area contributed by atoms with Crippen molar-refractivity contribution >= 4 is 34.1 Å². The van der Waals surface area contributed by atoms with Crippen LogP contribution in [0.4, 0.5) is 34.1 Å². The Labute approximate surface area is 268 Å². The molecule has 0 aliphatic carbocycles. The highest BCUT2D eigenvalue weighted by Crippen LogP contribution is 2.28. The van der Waals surface area contributed by atoms with Crippen LogP contribution in [-0.2, 0) is 0 Å². The summed E-state index contributed by atoms with van der Waals surface area (Å²) in [5.41, 5.74) is 9.74. The molecule has 0 heterocycles. The van der Waals surface area contributed by atoms with Gasteiger partial charge in [0.15, 0.2) is 0 Å². The van der Waals surface area contributed by atoms with Crippen LogP contribution in [-0.4, -0.2) is 22.9 Å². The lowest BCUT2D eigenvalue weighted by Crippen LogP contribution is -2.25. The van der Waals surface area contributed by atoms with Crippen molar-refractivity contribution in [2.24, 2.45) is 10.2 Å². The van der Waals surface area contributed by atoms with E-state index < -0.39 is 9.85 Å². The molecule has 10 heteroatoms. The lowest BCUT2D eigenvalue weighted by molar-refractivity contribution is -0.385. The number of hydrogen-bond donors (Lipinski definition) is 1. The number of nitrogen functional groups attached to an aromatic ring is 1. The van der Waals surface area contributed by atoms with Gasteiger partial charge in [0.05, 0.1) is 21.2 Å². The molecule has 0 amide bonds. The number of non-ortho nitro benzene ring substituents is 2. The Morgan fingerprint density at radius 3 is 1.58 bits per heavy atom. The quantitative estimate of drug-likeness (QED) is 0.0466. The smallest absolute Gasteiger partial charge is 0.269 e. The molecule has 3 rings (SSSR count). The fourth-order valence-corrected chi connectivity index (χ4v) is 4.83. The minimum Gasteiger partial charge on any atom is -0.399 e. The van der Waals surface area contributed by atoms with Crippen molar-refractivity contribution in [3.8, 4) is 0 Å². The Balaban J connectivity index is 0.000000596. The number of nitrogens with two attached hydrogens (primary N) is 1. The molecule has 0 unspecified atom stereocenters. The van der Waals surface area contributed by atoms with Crippen molar-refractivity contribution in [1.82, 2.24) is 0 Å². The molecule has 0 aliphatic heterocycles. The average Bonchev–Trinajstić information content (AvgIpc) is 3.03. The topological polar surface area (TPSA) is 140 Å². The van der Waals surface area contributed by atoms with E-state index >= 15 is 0 Å². The summed E-state index contributed by atoms with van der Waals surface area (Å²) in [4.78, 5) is 22.6. The number of anilines is 2. The highest BCUT2D eigenvalue weighted by molar-refractivity contribution is 5.58. The van der Waals surface area contributed by atoms with Gasteiger partial charge in [-0.05, 0) is 67.8 Å². The first-order valence-corrected chi connectivity index (χ1v) is 16.3. The molecular formula is C35H50N6O4. The Bertz CT molecular complexity index is 1300. The van der Waals surface area contributed by atoms with E-state index in [1.165, 1.54) is 119 Å². The second kappa shape index (κ2) is 21.4. The first-order chi connectivity index (χ1) is 21.7. The number of aryl methyl sites for hydroxylation is 1. The highest BCUT2D eigenvalue weighted by atomic mass is 16.6. The van der Waals surface area contributed by atoms with Gasteiger partial charge in [-0.25, -0.2) is 0 Å². The van der Waals surface area contributed by atoms with Crippen LogP contribution in [0.25, 0.3) is 0 Å². The van der Waals surface area contributed by atoms with E-state index in [0.717, 1.165) is 24.3 Å². The lowest BCUT2D eigenvalue weighted by atomic mass is 10.1. The molecule has 45 heavy (non-hydrogen) atoms. The van der Waals surface area contributed by atoms with E-state index in [1.54, 1.807) is 12.1 Å². The molecule has 0 saturated carbocycles. The second-order valence-corrected chi connectivity index (χ2v) is 11.3. The zero-order valence-electron chi connectivity index (χ0n) is 27.2. The first-order valence-electron chi connectivity index (χ1n) is 16.3. The number of rotatable bonds is 19. The maximum atomic E-state index is 10.8. The summed E-state index contributed by atoms with van der Waals surface area (Å²) in [5, 5.41) is 29.6. The zero-order valence-corrected chi connectivity index (χ0v) is 27.2. The van der Waals surface area contributed by atoms with Crippen LogP contribution in [0.5, 0.6) is 0 Å². The molecular weight excluding hydrogens is 568 g/mol. The Kier molecular flexibility index (Phi) is 17.5. The number of nitro groups is 2. The van der Waals surface area contributed by atoms with Crippen molar-refractivity contribution in [1.29, 1.82) is 0 Å². The molecule has 3 aromatic carbocycles. The van der Waals surface area contributed by atoms with E-state index in [2.05, 4.69) is 48.0 Å². The van der Waals surface area contributed by atoms with Crippen LogP contribution in [0, 0.1) is 27.2 Å². The van der Waals surface area contributed by atoms with Gasteiger partial charge in [0, 0.05) is 48.7 Å². The SMILES string of the molecule is CCCCCCCCN(CCCCCCCC)c1ccc(N=Nc2ccc([N+](=O)[O-])cc2)c(C)c1.Nc1ccc([N+](=O)[O-])cc1. The molecule has 0 saturated heterocycles. The van der Waals surface area contributed by atoms with Crippen molar-refractivity contribution < 1.29 is 9.85 Å². The van der Waals surface area contributed by atoms with Gasteiger partial charge in [-0.3, -0.25) is 20.2 Å². The van der Waals surface area contributed by atoms with Crippen molar-refractivity contribution in [3.05, 3.63) is 92.5 Å². The van der Waals surface area contributed by atoms with E-state index in [9.17, 15) is 20.2 Å². The minimum atomic E-state index is -0.459. The molecule has 0 aliphatic rings. The molecule has 0 spiro atoms. The average molecular weight is 619 g/mol. The highest BCUT2D eigenvalue weighted by Gasteiger charge is 2.09. The summed E-state index contributed by atoms with van der Waals surface area (Å²) in [5.74, 6) is 0. The fourth-order valence-electron chi connectivity index (χ4n) is 4.83. The van der Waals surface area contributed by atoms with Crippen molar-refractivity contribution in [3.63, 3.8) is 0 Å². The number of nitro benzene ring substituents is 2. The van der Waals surface area contributed by atoms with Crippen LogP contribution in [0.2, 0.25) is 0 Å². The van der Waals surface area contributed by atoms with Gasteiger partial charge in [-0.2, -0.15) is 10.2 Å². The summed E-state index contributed by atoms with van der Waals surface area (Å²) < 4.78 is 0. The van der Waals surface area contributed by atoms with Gasteiger partial charge in [0.2, 0.25) is 0 Å². The third kappa shape index (κ3) is 14.8. The predicted molar refractivity (Wildman–Crippen MR) is 185 cm³/mol. The third-order valence-corrected chi connectivity index (χ3v) is 7.55. The van der Waals surface area contributed by atoms with Crippen LogP contribution >= 0.6 is 0 Å². The minimum absolute atomic E-state index is 0.0558. The molecule has 10 nitrogen and oxygen atoms in total. The van der Waals surface area contributed by atoms with Gasteiger partial charge < -0.3 is 10.6 Å². The molecule has 0 fully saturated rings. The Morgan fingerprint density at radius 1 is 0.644 bits per heavy atom. The number of hydrogen-bond acceptors (Lipinski definition) is 8. The summed E-state index contributed by atoms with van der Waals surface area (Å²) in [6.07, 6.45) is 15.7. The largest absolute Gasteiger partial charge is 0.399 e. The molecule has 0 bridgehead atoms. The number of benzene rings is 3. The fraction of sp³-hybridized carbons (Fsp3) is 0.486. The summed E-state index contributed by atoms with van der Waals surface area (Å²) in [6.45, 7) is 8.80. The monoisotopic (exact) mass is 618 g/mol. The van der Waals surface area contributed by atoms with Gasteiger partial charge >= 0.3 is 0 Å². The maximum absolute atomic E-state index is 10.8. The maximum Gasteiger partial charge on any atom is 0.269 e. The zero-order chi connectivity index (χ0) is 32.9. The van der Waals surface area contributed by atoms with Crippen molar-refractivity contribution in [2.75, 3.05) is 23.7 Å². The normalized spacial score (nSPS) is 10.8. The van der Waals surface area contributed by atoms with Crippen molar-refractivity contribution in [2.45, 2.75) is 97.8 Å². The van der Waals surface area contributed by atoms with Gasteiger partial charge in [0.25, 0.3) is 11.4 Å². The molecule has 3 aromatic rings. The summed E-state index contributed by atoms with van der Waals surface area (Å²) >= 11 is 0. The first kappa shape index (κ1) is 36.8.